The Morgan fingerprint density at radius 2 is 1.96 bits per heavy atom. The molecule has 0 fully saturated rings. The summed E-state index contributed by atoms with van der Waals surface area (Å²) in [6, 6.07) is 11.6. The Labute approximate surface area is 148 Å². The van der Waals surface area contributed by atoms with E-state index < -0.39 is 11.8 Å². The van der Waals surface area contributed by atoms with Crippen LogP contribution in [0.1, 0.15) is 5.56 Å². The fourth-order valence-corrected chi connectivity index (χ4v) is 2.69. The first-order chi connectivity index (χ1) is 12.0. The molecule has 1 aromatic heterocycles. The van der Waals surface area contributed by atoms with Crippen LogP contribution in [0.3, 0.4) is 0 Å². The lowest BCUT2D eigenvalue weighted by molar-refractivity contribution is -0.136. The lowest BCUT2D eigenvalue weighted by Gasteiger charge is -2.06. The highest BCUT2D eigenvalue weighted by Crippen LogP contribution is 2.22. The first kappa shape index (κ1) is 16.9. The number of hydrogen-bond donors (Lipinski definition) is 4. The standard InChI is InChI=1S/C18H16ClN3O3/c19-12-4-5-16-15(8-12)11(10-21-16)6-7-20-17(24)18(25)22-13-2-1-3-14(23)9-13/h1-5,8-10,21,23H,6-7H2,(H,20,24)(H,22,25). The third-order valence-corrected chi connectivity index (χ3v) is 3.95. The van der Waals surface area contributed by atoms with Crippen molar-refractivity contribution in [3.05, 3.63) is 59.2 Å². The van der Waals surface area contributed by atoms with Crippen LogP contribution in [0, 0.1) is 0 Å². The van der Waals surface area contributed by atoms with Gasteiger partial charge in [-0.3, -0.25) is 9.59 Å². The van der Waals surface area contributed by atoms with E-state index in [0.717, 1.165) is 16.5 Å². The summed E-state index contributed by atoms with van der Waals surface area (Å²) < 4.78 is 0. The highest BCUT2D eigenvalue weighted by atomic mass is 35.5. The fourth-order valence-electron chi connectivity index (χ4n) is 2.52. The molecule has 128 valence electrons. The summed E-state index contributed by atoms with van der Waals surface area (Å²) in [6.45, 7) is 0.311. The van der Waals surface area contributed by atoms with Gasteiger partial charge in [-0.15, -0.1) is 0 Å². The number of halogens is 1. The Morgan fingerprint density at radius 1 is 1.12 bits per heavy atom. The minimum absolute atomic E-state index is 0.0104. The maximum Gasteiger partial charge on any atom is 0.313 e. The van der Waals surface area contributed by atoms with Crippen LogP contribution in [0.25, 0.3) is 10.9 Å². The first-order valence-corrected chi connectivity index (χ1v) is 8.04. The third kappa shape index (κ3) is 4.10. The Balaban J connectivity index is 1.55. The van der Waals surface area contributed by atoms with Crippen LogP contribution in [-0.4, -0.2) is 28.4 Å². The van der Waals surface area contributed by atoms with Crippen LogP contribution < -0.4 is 10.6 Å². The second kappa shape index (κ2) is 7.27. The number of carbonyl (C=O) groups excluding carboxylic acids is 2. The summed E-state index contributed by atoms with van der Waals surface area (Å²) in [7, 11) is 0. The summed E-state index contributed by atoms with van der Waals surface area (Å²) in [4.78, 5) is 26.8. The molecule has 3 rings (SSSR count). The highest BCUT2D eigenvalue weighted by molar-refractivity contribution is 6.39. The van der Waals surface area contributed by atoms with Crippen LogP contribution in [0.4, 0.5) is 5.69 Å². The number of anilines is 1. The van der Waals surface area contributed by atoms with Gasteiger partial charge in [0.1, 0.15) is 5.75 Å². The van der Waals surface area contributed by atoms with Gasteiger partial charge in [0.2, 0.25) is 0 Å². The molecule has 6 nitrogen and oxygen atoms in total. The maximum atomic E-state index is 11.9. The molecule has 2 amide bonds. The molecular weight excluding hydrogens is 342 g/mol. The number of phenolic OH excluding ortho intramolecular Hbond substituents is 1. The van der Waals surface area contributed by atoms with Crippen molar-refractivity contribution < 1.29 is 14.7 Å². The van der Waals surface area contributed by atoms with Gasteiger partial charge < -0.3 is 20.7 Å². The second-order valence-electron chi connectivity index (χ2n) is 5.51. The molecule has 0 radical (unpaired) electrons. The predicted molar refractivity (Wildman–Crippen MR) is 96.8 cm³/mol. The lowest BCUT2D eigenvalue weighted by Crippen LogP contribution is -2.36. The zero-order valence-electron chi connectivity index (χ0n) is 13.2. The molecule has 7 heteroatoms. The molecule has 0 saturated carbocycles. The molecule has 0 unspecified atom stereocenters. The van der Waals surface area contributed by atoms with Gasteiger partial charge in [0.05, 0.1) is 0 Å². The van der Waals surface area contributed by atoms with E-state index in [1.165, 1.54) is 12.1 Å². The number of benzene rings is 2. The summed E-state index contributed by atoms with van der Waals surface area (Å²) in [5.41, 5.74) is 2.32. The Hall–Kier alpha value is -2.99. The number of aromatic amines is 1. The van der Waals surface area contributed by atoms with Gasteiger partial charge in [0, 0.05) is 40.4 Å². The SMILES string of the molecule is O=C(NCCc1c[nH]c2ccc(Cl)cc12)C(=O)Nc1cccc(O)c1. The van der Waals surface area contributed by atoms with E-state index in [1.807, 2.05) is 18.3 Å². The maximum absolute atomic E-state index is 11.9. The van der Waals surface area contributed by atoms with Gasteiger partial charge in [-0.1, -0.05) is 17.7 Å². The number of carbonyl (C=O) groups is 2. The first-order valence-electron chi connectivity index (χ1n) is 7.66. The van der Waals surface area contributed by atoms with E-state index >= 15 is 0 Å². The zero-order chi connectivity index (χ0) is 17.8. The summed E-state index contributed by atoms with van der Waals surface area (Å²) in [6.07, 6.45) is 2.42. The molecule has 0 aliphatic rings. The zero-order valence-corrected chi connectivity index (χ0v) is 13.9. The van der Waals surface area contributed by atoms with Crippen LogP contribution in [-0.2, 0) is 16.0 Å². The average Bonchev–Trinajstić information content (AvgIpc) is 2.97. The van der Waals surface area contributed by atoms with Crippen molar-refractivity contribution in [1.29, 1.82) is 0 Å². The van der Waals surface area contributed by atoms with Gasteiger partial charge in [0.25, 0.3) is 0 Å². The van der Waals surface area contributed by atoms with E-state index in [2.05, 4.69) is 15.6 Å². The molecule has 1 heterocycles. The van der Waals surface area contributed by atoms with Gasteiger partial charge in [-0.25, -0.2) is 0 Å². The number of aromatic nitrogens is 1. The van der Waals surface area contributed by atoms with Crippen LogP contribution >= 0.6 is 11.6 Å². The van der Waals surface area contributed by atoms with Crippen molar-refractivity contribution in [1.82, 2.24) is 10.3 Å². The molecule has 3 aromatic rings. The molecule has 0 atom stereocenters. The Bertz CT molecular complexity index is 936. The summed E-state index contributed by atoms with van der Waals surface area (Å²) in [5.74, 6) is -1.51. The molecule has 2 aromatic carbocycles. The molecular formula is C18H16ClN3O3. The molecule has 0 aliphatic heterocycles. The average molecular weight is 358 g/mol. The second-order valence-corrected chi connectivity index (χ2v) is 5.95. The minimum Gasteiger partial charge on any atom is -0.508 e. The number of rotatable bonds is 4. The topological polar surface area (TPSA) is 94.2 Å². The van der Waals surface area contributed by atoms with E-state index in [-0.39, 0.29) is 5.75 Å². The van der Waals surface area contributed by atoms with E-state index in [4.69, 9.17) is 11.6 Å². The molecule has 0 bridgehead atoms. The van der Waals surface area contributed by atoms with Crippen LogP contribution in [0.15, 0.2) is 48.7 Å². The van der Waals surface area contributed by atoms with E-state index in [1.54, 1.807) is 18.2 Å². The predicted octanol–water partition coefficient (Wildman–Crippen LogP) is 2.82. The number of aromatic hydroxyl groups is 1. The van der Waals surface area contributed by atoms with Crippen molar-refractivity contribution in [2.45, 2.75) is 6.42 Å². The van der Waals surface area contributed by atoms with Crippen molar-refractivity contribution in [2.24, 2.45) is 0 Å². The summed E-state index contributed by atoms with van der Waals surface area (Å²) in [5, 5.41) is 16.0. The molecule has 0 spiro atoms. The Morgan fingerprint density at radius 3 is 2.76 bits per heavy atom. The van der Waals surface area contributed by atoms with Crippen molar-refractivity contribution >= 4 is 40.0 Å². The van der Waals surface area contributed by atoms with E-state index in [0.29, 0.717) is 23.7 Å². The normalized spacial score (nSPS) is 10.6. The van der Waals surface area contributed by atoms with Crippen molar-refractivity contribution in [2.75, 3.05) is 11.9 Å². The van der Waals surface area contributed by atoms with Crippen molar-refractivity contribution in [3.63, 3.8) is 0 Å². The molecule has 4 N–H and O–H groups in total. The smallest absolute Gasteiger partial charge is 0.313 e. The van der Waals surface area contributed by atoms with E-state index in [9.17, 15) is 14.7 Å². The van der Waals surface area contributed by atoms with Gasteiger partial charge in [-0.05, 0) is 42.3 Å². The molecule has 0 aliphatic carbocycles. The number of hydrogen-bond acceptors (Lipinski definition) is 3. The van der Waals surface area contributed by atoms with Crippen LogP contribution in [0.2, 0.25) is 5.02 Å². The quantitative estimate of drug-likeness (QED) is 0.541. The number of amides is 2. The number of H-pyrrole nitrogens is 1. The summed E-state index contributed by atoms with van der Waals surface area (Å²) >= 11 is 6.01. The van der Waals surface area contributed by atoms with Gasteiger partial charge in [-0.2, -0.15) is 0 Å². The van der Waals surface area contributed by atoms with Crippen molar-refractivity contribution in [3.8, 4) is 5.75 Å². The van der Waals surface area contributed by atoms with Gasteiger partial charge in [0.15, 0.2) is 0 Å². The van der Waals surface area contributed by atoms with Crippen LogP contribution in [0.5, 0.6) is 5.75 Å². The number of phenols is 1. The fraction of sp³-hybridized carbons (Fsp3) is 0.111. The monoisotopic (exact) mass is 357 g/mol. The number of nitrogens with one attached hydrogen (secondary N) is 3. The number of fused-ring (bicyclic) bond motifs is 1. The lowest BCUT2D eigenvalue weighted by atomic mass is 10.1. The molecule has 25 heavy (non-hydrogen) atoms. The molecule has 0 saturated heterocycles. The third-order valence-electron chi connectivity index (χ3n) is 3.72. The largest absolute Gasteiger partial charge is 0.508 e. The highest BCUT2D eigenvalue weighted by Gasteiger charge is 2.13. The Kier molecular flexibility index (Phi) is 4.90. The van der Waals surface area contributed by atoms with Gasteiger partial charge >= 0.3 is 11.8 Å². The minimum atomic E-state index is -0.785.